The fraction of sp³-hybridized carbons (Fsp3) is 0.667. The smallest absolute Gasteiger partial charge is 0.315 e. The molecule has 0 radical (unpaired) electrons. The molecule has 0 fully saturated rings. The van der Waals surface area contributed by atoms with E-state index in [4.69, 9.17) is 5.21 Å². The quantitative estimate of drug-likeness (QED) is 0.249. The van der Waals surface area contributed by atoms with Crippen LogP contribution in [-0.4, -0.2) is 17.1 Å². The Morgan fingerprint density at radius 2 is 2.50 bits per heavy atom. The van der Waals surface area contributed by atoms with E-state index < -0.39 is 8.03 Å². The van der Waals surface area contributed by atoms with Crippen molar-refractivity contribution < 1.29 is 14.7 Å². The lowest BCUT2D eigenvalue weighted by atomic mass is 10.5. The Morgan fingerprint density at radius 1 is 2.00 bits per heavy atom. The molecule has 0 aliphatic heterocycles. The number of rotatable bonds is 2. The van der Waals surface area contributed by atoms with E-state index in [1.807, 2.05) is 0 Å². The molecule has 0 rings (SSSR count). The Bertz CT molecular complexity index is 122. The van der Waals surface area contributed by atoms with Crippen LogP contribution in [0.25, 0.3) is 0 Å². The van der Waals surface area contributed by atoms with Gasteiger partial charge in [-0.1, -0.05) is 9.72 Å². The predicted molar refractivity (Wildman–Crippen MR) is 27.4 cm³/mol. The molecular formula is C3H6NO3P. The summed E-state index contributed by atoms with van der Waals surface area (Å²) < 4.78 is 9.81. The predicted octanol–water partition coefficient (Wildman–Crippen LogP) is -0.0608. The second-order valence-electron chi connectivity index (χ2n) is 1.33. The lowest BCUT2D eigenvalue weighted by Crippen LogP contribution is -2.00. The van der Waals surface area contributed by atoms with Gasteiger partial charge in [-0.25, -0.2) is 0 Å². The molecule has 8 heavy (non-hydrogen) atoms. The summed E-state index contributed by atoms with van der Waals surface area (Å²) in [5.74, 6) is 0. The molecule has 1 unspecified atom stereocenters. The Morgan fingerprint density at radius 3 is 2.62 bits per heavy atom. The second-order valence-corrected chi connectivity index (χ2v) is 2.31. The second kappa shape index (κ2) is 3.52. The molecule has 0 saturated carbocycles. The van der Waals surface area contributed by atoms with Crippen LogP contribution in [0.2, 0.25) is 0 Å². The summed E-state index contributed by atoms with van der Waals surface area (Å²) >= 11 is 0. The van der Waals surface area contributed by atoms with Gasteiger partial charge < -0.3 is 10.1 Å². The molecule has 0 aromatic carbocycles. The van der Waals surface area contributed by atoms with Crippen molar-refractivity contribution in [3.8, 4) is 0 Å². The van der Waals surface area contributed by atoms with Crippen molar-refractivity contribution in [1.82, 2.24) is 0 Å². The summed E-state index contributed by atoms with van der Waals surface area (Å²) in [5.41, 5.74) is 0.209. The fourth-order valence-electron chi connectivity index (χ4n) is 0.218. The maximum Gasteiger partial charge on any atom is 0.315 e. The minimum Gasteiger partial charge on any atom is -0.595 e. The Hall–Kier alpha value is -0.470. The lowest BCUT2D eigenvalue weighted by molar-refractivity contribution is -0.163. The Kier molecular flexibility index (Phi) is 3.31. The van der Waals surface area contributed by atoms with E-state index in [1.54, 1.807) is 0 Å². The highest BCUT2D eigenvalue weighted by Crippen LogP contribution is 2.05. The first-order chi connectivity index (χ1) is 3.66. The van der Waals surface area contributed by atoms with Crippen LogP contribution in [0, 0.1) is 0 Å². The Labute approximate surface area is 47.7 Å². The van der Waals surface area contributed by atoms with Gasteiger partial charge in [-0.05, 0) is 6.92 Å². The standard InChI is InChI=1S/C3H6NO3P/c1-3(4-5)2-8(6)7/h5H,2H2,1H3. The van der Waals surface area contributed by atoms with Gasteiger partial charge in [0.15, 0.2) is 6.16 Å². The van der Waals surface area contributed by atoms with Crippen molar-refractivity contribution in [3.63, 3.8) is 0 Å². The summed E-state index contributed by atoms with van der Waals surface area (Å²) in [7, 11) is -2.44. The molecule has 1 N–H and O–H groups in total. The average molecular weight is 135 g/mol. The molecule has 0 aromatic heterocycles. The monoisotopic (exact) mass is 135 g/mol. The Balaban J connectivity index is 3.56. The lowest BCUT2D eigenvalue weighted by Gasteiger charge is -1.84. The highest BCUT2D eigenvalue weighted by Gasteiger charge is 2.01. The maximum atomic E-state index is 9.81. The number of hydrogen-bond acceptors (Lipinski definition) is 4. The van der Waals surface area contributed by atoms with E-state index in [9.17, 15) is 9.46 Å². The molecular weight excluding hydrogens is 129 g/mol. The highest BCUT2D eigenvalue weighted by atomic mass is 31.1. The van der Waals surface area contributed by atoms with Gasteiger partial charge in [-0.2, -0.15) is 0 Å². The summed E-state index contributed by atoms with van der Waals surface area (Å²) in [6.45, 7) is 1.44. The first kappa shape index (κ1) is 7.53. The molecule has 0 aromatic rings. The normalized spacial score (nSPS) is 13.8. The van der Waals surface area contributed by atoms with Crippen LogP contribution in [0.15, 0.2) is 5.16 Å². The summed E-state index contributed by atoms with van der Waals surface area (Å²) in [4.78, 5) is 9.81. The zero-order valence-corrected chi connectivity index (χ0v) is 5.26. The van der Waals surface area contributed by atoms with Gasteiger partial charge in [0.2, 0.25) is 0 Å². The zero-order chi connectivity index (χ0) is 6.57. The number of oxime groups is 1. The molecule has 0 aliphatic rings. The van der Waals surface area contributed by atoms with Crippen molar-refractivity contribution >= 4 is 13.7 Å². The van der Waals surface area contributed by atoms with Crippen LogP contribution in [0.5, 0.6) is 0 Å². The zero-order valence-electron chi connectivity index (χ0n) is 4.37. The van der Waals surface area contributed by atoms with Crippen LogP contribution in [-0.2, 0) is 4.57 Å². The fourth-order valence-corrected chi connectivity index (χ4v) is 0.655. The molecule has 1 atom stereocenters. The first-order valence-electron chi connectivity index (χ1n) is 1.96. The van der Waals surface area contributed by atoms with Gasteiger partial charge in [0.25, 0.3) is 0 Å². The summed E-state index contributed by atoms with van der Waals surface area (Å²) in [5, 5.41) is 10.6. The van der Waals surface area contributed by atoms with E-state index in [0.717, 1.165) is 0 Å². The molecule has 46 valence electrons. The molecule has 5 heteroatoms. The van der Waals surface area contributed by atoms with E-state index in [-0.39, 0.29) is 11.9 Å². The molecule has 0 spiro atoms. The molecule has 0 bridgehead atoms. The molecule has 0 aliphatic carbocycles. The highest BCUT2D eigenvalue weighted by molar-refractivity contribution is 7.37. The molecule has 0 saturated heterocycles. The van der Waals surface area contributed by atoms with Gasteiger partial charge in [0, 0.05) is 0 Å². The average Bonchev–Trinajstić information content (AvgIpc) is 1.65. The van der Waals surface area contributed by atoms with E-state index in [0.29, 0.717) is 0 Å². The van der Waals surface area contributed by atoms with Crippen molar-refractivity contribution in [1.29, 1.82) is 0 Å². The minimum atomic E-state index is -2.44. The maximum absolute atomic E-state index is 9.81. The largest absolute Gasteiger partial charge is 0.595 e. The molecule has 0 amide bonds. The number of nitrogens with zero attached hydrogens (tertiary/aromatic N) is 1. The van der Waals surface area contributed by atoms with Gasteiger partial charge in [-0.15, -0.1) is 0 Å². The van der Waals surface area contributed by atoms with E-state index >= 15 is 0 Å². The first-order valence-corrected chi connectivity index (χ1v) is 3.32. The van der Waals surface area contributed by atoms with Crippen molar-refractivity contribution in [3.05, 3.63) is 0 Å². The minimum absolute atomic E-state index is 0.161. The van der Waals surface area contributed by atoms with Crippen LogP contribution >= 0.6 is 8.03 Å². The van der Waals surface area contributed by atoms with Gasteiger partial charge in [0.05, 0.1) is 0 Å². The van der Waals surface area contributed by atoms with Gasteiger partial charge >= 0.3 is 8.03 Å². The summed E-state index contributed by atoms with van der Waals surface area (Å²) in [6.07, 6.45) is -0.161. The van der Waals surface area contributed by atoms with Crippen molar-refractivity contribution in [2.24, 2.45) is 5.16 Å². The third-order valence-electron chi connectivity index (χ3n) is 0.529. The summed E-state index contributed by atoms with van der Waals surface area (Å²) in [6, 6.07) is 0. The van der Waals surface area contributed by atoms with Crippen molar-refractivity contribution in [2.75, 3.05) is 6.16 Å². The van der Waals surface area contributed by atoms with Crippen LogP contribution < -0.4 is 4.89 Å². The van der Waals surface area contributed by atoms with Crippen molar-refractivity contribution in [2.45, 2.75) is 6.92 Å². The third-order valence-corrected chi connectivity index (χ3v) is 1.24. The van der Waals surface area contributed by atoms with Gasteiger partial charge in [-0.3, -0.25) is 0 Å². The van der Waals surface area contributed by atoms with E-state index in [2.05, 4.69) is 5.16 Å². The topological polar surface area (TPSA) is 72.7 Å². The number of hydrogen-bond donors (Lipinski definition) is 1. The van der Waals surface area contributed by atoms with Crippen LogP contribution in [0.4, 0.5) is 0 Å². The molecule has 4 nitrogen and oxygen atoms in total. The van der Waals surface area contributed by atoms with Crippen LogP contribution in [0.1, 0.15) is 6.92 Å². The third kappa shape index (κ3) is 3.71. The van der Waals surface area contributed by atoms with Gasteiger partial charge in [0.1, 0.15) is 5.71 Å². The molecule has 0 heterocycles. The van der Waals surface area contributed by atoms with Crippen LogP contribution in [0.3, 0.4) is 0 Å². The SMILES string of the molecule is CC(C[P+](=O)[O-])=NO. The van der Waals surface area contributed by atoms with E-state index in [1.165, 1.54) is 6.92 Å².